The summed E-state index contributed by atoms with van der Waals surface area (Å²) in [6, 6.07) is 0. The Labute approximate surface area is 97.7 Å². The van der Waals surface area contributed by atoms with Gasteiger partial charge >= 0.3 is 12.1 Å². The summed E-state index contributed by atoms with van der Waals surface area (Å²) >= 11 is 0. The summed E-state index contributed by atoms with van der Waals surface area (Å²) in [5.41, 5.74) is -0.115. The molecule has 7 heteroatoms. The molecule has 1 heterocycles. The fourth-order valence-corrected chi connectivity index (χ4v) is 1.11. The number of aromatic nitrogens is 2. The number of nitrogens with zero attached hydrogens (tertiary/aromatic N) is 2. The summed E-state index contributed by atoms with van der Waals surface area (Å²) in [6.45, 7) is 5.75. The molecule has 1 amide bonds. The number of carboxylic acids is 1. The molecule has 0 bridgehead atoms. The van der Waals surface area contributed by atoms with Crippen molar-refractivity contribution in [3.63, 3.8) is 0 Å². The summed E-state index contributed by atoms with van der Waals surface area (Å²) in [5, 5.41) is 15.0. The molecule has 1 aromatic rings. The van der Waals surface area contributed by atoms with Gasteiger partial charge in [0.15, 0.2) is 5.69 Å². The Morgan fingerprint density at radius 1 is 1.71 bits per heavy atom. The van der Waals surface area contributed by atoms with Gasteiger partial charge in [0.1, 0.15) is 6.61 Å². The molecule has 0 unspecified atom stereocenters. The monoisotopic (exact) mass is 239 g/mol. The molecule has 7 nitrogen and oxygen atoms in total. The zero-order valence-electron chi connectivity index (χ0n) is 9.34. The van der Waals surface area contributed by atoms with Gasteiger partial charge in [-0.25, -0.2) is 9.59 Å². The first-order valence-electron chi connectivity index (χ1n) is 4.93. The van der Waals surface area contributed by atoms with Gasteiger partial charge in [-0.15, -0.1) is 0 Å². The van der Waals surface area contributed by atoms with Gasteiger partial charge in [0.2, 0.25) is 0 Å². The third kappa shape index (κ3) is 3.33. The van der Waals surface area contributed by atoms with Crippen LogP contribution in [-0.2, 0) is 11.3 Å². The molecule has 17 heavy (non-hydrogen) atoms. The predicted octanol–water partition coefficient (Wildman–Crippen LogP) is 1.34. The van der Waals surface area contributed by atoms with Crippen LogP contribution in [0.15, 0.2) is 18.9 Å². The Kier molecular flexibility index (Phi) is 4.27. The van der Waals surface area contributed by atoms with E-state index < -0.39 is 12.1 Å². The maximum atomic E-state index is 11.2. The quantitative estimate of drug-likeness (QED) is 0.756. The number of carbonyl (C=O) groups is 2. The molecule has 0 saturated heterocycles. The van der Waals surface area contributed by atoms with Gasteiger partial charge in [0.25, 0.3) is 0 Å². The highest BCUT2D eigenvalue weighted by atomic mass is 16.5. The number of hydrogen-bond acceptors (Lipinski definition) is 4. The summed E-state index contributed by atoms with van der Waals surface area (Å²) in [7, 11) is 0. The largest absolute Gasteiger partial charge is 0.476 e. The van der Waals surface area contributed by atoms with E-state index in [-0.39, 0.29) is 18.0 Å². The van der Waals surface area contributed by atoms with Crippen LogP contribution < -0.4 is 5.32 Å². The molecular formula is C10H13N3O4. The van der Waals surface area contributed by atoms with Crippen molar-refractivity contribution in [2.24, 2.45) is 0 Å². The topological polar surface area (TPSA) is 93.5 Å². The van der Waals surface area contributed by atoms with Gasteiger partial charge in [-0.05, 0) is 6.92 Å². The maximum Gasteiger partial charge on any atom is 0.412 e. The summed E-state index contributed by atoms with van der Waals surface area (Å²) in [6.07, 6.45) is 2.09. The van der Waals surface area contributed by atoms with E-state index in [4.69, 9.17) is 5.11 Å². The van der Waals surface area contributed by atoms with Crippen molar-refractivity contribution in [3.8, 4) is 0 Å². The highest BCUT2D eigenvalue weighted by Crippen LogP contribution is 2.14. The van der Waals surface area contributed by atoms with E-state index in [9.17, 15) is 9.59 Å². The zero-order chi connectivity index (χ0) is 12.8. The molecule has 92 valence electrons. The fraction of sp³-hybridized carbons (Fsp3) is 0.300. The number of amides is 1. The van der Waals surface area contributed by atoms with Crippen molar-refractivity contribution in [1.29, 1.82) is 0 Å². The molecule has 0 aliphatic rings. The fourth-order valence-electron chi connectivity index (χ4n) is 1.11. The highest BCUT2D eigenvalue weighted by molar-refractivity contribution is 5.96. The van der Waals surface area contributed by atoms with Crippen molar-refractivity contribution < 1.29 is 19.4 Å². The second kappa shape index (κ2) is 5.69. The third-order valence-electron chi connectivity index (χ3n) is 1.86. The van der Waals surface area contributed by atoms with Gasteiger partial charge < -0.3 is 9.84 Å². The van der Waals surface area contributed by atoms with Gasteiger partial charge in [-0.3, -0.25) is 10.00 Å². The average Bonchev–Trinajstić information content (AvgIpc) is 2.69. The Bertz CT molecular complexity index is 439. The first kappa shape index (κ1) is 12.8. The number of aryl methyl sites for hydroxylation is 1. The molecule has 0 fully saturated rings. The van der Waals surface area contributed by atoms with Gasteiger partial charge in [0.05, 0.1) is 5.69 Å². The predicted molar refractivity (Wildman–Crippen MR) is 60.0 cm³/mol. The van der Waals surface area contributed by atoms with E-state index in [0.717, 1.165) is 0 Å². The Hall–Kier alpha value is -2.31. The van der Waals surface area contributed by atoms with Crippen molar-refractivity contribution in [3.05, 3.63) is 24.5 Å². The van der Waals surface area contributed by atoms with Crippen molar-refractivity contribution in [2.45, 2.75) is 13.5 Å². The minimum Gasteiger partial charge on any atom is -0.476 e. The smallest absolute Gasteiger partial charge is 0.412 e. The van der Waals surface area contributed by atoms with Crippen LogP contribution in [0.2, 0.25) is 0 Å². The number of ether oxygens (including phenoxy) is 1. The van der Waals surface area contributed by atoms with Crippen LogP contribution in [0.3, 0.4) is 0 Å². The van der Waals surface area contributed by atoms with Crippen LogP contribution in [0.5, 0.6) is 0 Å². The highest BCUT2D eigenvalue weighted by Gasteiger charge is 2.17. The second-order valence-electron chi connectivity index (χ2n) is 3.06. The van der Waals surface area contributed by atoms with Gasteiger partial charge in [-0.1, -0.05) is 12.7 Å². The van der Waals surface area contributed by atoms with Crippen molar-refractivity contribution >= 4 is 17.7 Å². The van der Waals surface area contributed by atoms with E-state index in [1.807, 2.05) is 0 Å². The van der Waals surface area contributed by atoms with Crippen molar-refractivity contribution in [2.75, 3.05) is 11.9 Å². The lowest BCUT2D eigenvalue weighted by molar-refractivity contribution is 0.0690. The molecule has 1 aromatic heterocycles. The number of carboxylic acid groups (broad SMARTS) is 1. The van der Waals surface area contributed by atoms with Gasteiger partial charge in [0, 0.05) is 12.7 Å². The van der Waals surface area contributed by atoms with E-state index in [0.29, 0.717) is 6.54 Å². The first-order chi connectivity index (χ1) is 8.08. The lowest BCUT2D eigenvalue weighted by atomic mass is 10.4. The normalized spacial score (nSPS) is 9.71. The van der Waals surface area contributed by atoms with E-state index in [1.54, 1.807) is 6.92 Å². The van der Waals surface area contributed by atoms with Crippen LogP contribution in [0.25, 0.3) is 0 Å². The number of hydrogen-bond donors (Lipinski definition) is 2. The third-order valence-corrected chi connectivity index (χ3v) is 1.86. The minimum absolute atomic E-state index is 0.0517. The molecule has 0 aromatic carbocycles. The molecule has 1 rings (SSSR count). The minimum atomic E-state index is -1.21. The maximum absolute atomic E-state index is 11.2. The van der Waals surface area contributed by atoms with Crippen LogP contribution in [0.1, 0.15) is 17.4 Å². The Morgan fingerprint density at radius 2 is 2.41 bits per heavy atom. The molecule has 0 aliphatic carbocycles. The zero-order valence-corrected chi connectivity index (χ0v) is 9.34. The number of anilines is 1. The summed E-state index contributed by atoms with van der Waals surface area (Å²) < 4.78 is 6.08. The van der Waals surface area contributed by atoms with Crippen molar-refractivity contribution in [1.82, 2.24) is 9.78 Å². The second-order valence-corrected chi connectivity index (χ2v) is 3.06. The van der Waals surface area contributed by atoms with Gasteiger partial charge in [-0.2, -0.15) is 5.10 Å². The van der Waals surface area contributed by atoms with E-state index in [1.165, 1.54) is 17.0 Å². The molecule has 0 radical (unpaired) electrons. The number of nitrogens with one attached hydrogen (secondary N) is 1. The standard InChI is InChI=1S/C10H13N3O4/c1-3-5-17-10(16)11-7-6-13(4-2)12-8(7)9(14)15/h3,6H,1,4-5H2,2H3,(H,11,16)(H,14,15). The lowest BCUT2D eigenvalue weighted by Crippen LogP contribution is -2.15. The number of rotatable bonds is 5. The van der Waals surface area contributed by atoms with Crippen LogP contribution in [0, 0.1) is 0 Å². The number of carbonyl (C=O) groups excluding carboxylic acids is 1. The molecule has 0 spiro atoms. The molecule has 2 N–H and O–H groups in total. The average molecular weight is 239 g/mol. The first-order valence-corrected chi connectivity index (χ1v) is 4.93. The van der Waals surface area contributed by atoms with E-state index in [2.05, 4.69) is 21.7 Å². The summed E-state index contributed by atoms with van der Waals surface area (Å²) in [5.74, 6) is -1.21. The molecule has 0 aliphatic heterocycles. The molecule has 0 atom stereocenters. The molecule has 0 saturated carbocycles. The van der Waals surface area contributed by atoms with Crippen LogP contribution in [-0.4, -0.2) is 33.6 Å². The lowest BCUT2D eigenvalue weighted by Gasteiger charge is -2.02. The SMILES string of the molecule is C=CCOC(=O)Nc1cn(CC)nc1C(=O)O. The number of aromatic carboxylic acids is 1. The molecular weight excluding hydrogens is 226 g/mol. The van der Waals surface area contributed by atoms with E-state index >= 15 is 0 Å². The Morgan fingerprint density at radius 3 is 2.94 bits per heavy atom. The summed E-state index contributed by atoms with van der Waals surface area (Å²) in [4.78, 5) is 22.1. The van der Waals surface area contributed by atoms with Crippen LogP contribution in [0.4, 0.5) is 10.5 Å². The Balaban J connectivity index is 2.81. The van der Waals surface area contributed by atoms with Crippen LogP contribution >= 0.6 is 0 Å².